The monoisotopic (exact) mass is 348 g/mol. The summed E-state index contributed by atoms with van der Waals surface area (Å²) in [6.07, 6.45) is 3.60. The minimum absolute atomic E-state index is 0.152. The number of methoxy groups -OCH3 is 1. The molecular weight excluding hydrogens is 334 g/mol. The quantitative estimate of drug-likeness (QED) is 0.746. The first kappa shape index (κ1) is 16.0. The summed E-state index contributed by atoms with van der Waals surface area (Å²) in [5.74, 6) is 0.250. The molecule has 0 fully saturated rings. The number of Topliss-reactive ketones (excluding diaryl/α,β-unsaturated/α-hetero) is 1. The van der Waals surface area contributed by atoms with Crippen LogP contribution in [0.3, 0.4) is 0 Å². The number of rotatable bonds is 5. The summed E-state index contributed by atoms with van der Waals surface area (Å²) in [5.41, 5.74) is 2.60. The molecule has 2 heterocycles. The summed E-state index contributed by atoms with van der Waals surface area (Å²) in [6.45, 7) is 4.31. The molecule has 0 saturated carbocycles. The van der Waals surface area contributed by atoms with Crippen molar-refractivity contribution in [3.05, 3.63) is 50.7 Å². The standard InChI is InChI=1S/C17H15ClNO3S/c1-4-22-14-6-5-13(23-14)16(20)15-10-7-9(2)19-12(10)8-11(18)17(15)21-3/h5-6H,4,8H2,1-3H3. The van der Waals surface area contributed by atoms with E-state index in [0.717, 1.165) is 11.4 Å². The van der Waals surface area contributed by atoms with Crippen LogP contribution >= 0.6 is 22.9 Å². The number of halogens is 1. The van der Waals surface area contributed by atoms with Crippen LogP contribution in [0.4, 0.5) is 0 Å². The van der Waals surface area contributed by atoms with Crippen molar-refractivity contribution in [1.82, 2.24) is 0 Å². The molecule has 0 aromatic carbocycles. The van der Waals surface area contributed by atoms with Crippen molar-refractivity contribution in [1.29, 1.82) is 0 Å². The topological polar surface area (TPSA) is 47.9 Å². The molecule has 0 unspecified atom stereocenters. The molecule has 1 radical (unpaired) electrons. The summed E-state index contributed by atoms with van der Waals surface area (Å²) in [5, 5.41) is 1.19. The summed E-state index contributed by atoms with van der Waals surface area (Å²) < 4.78 is 10.8. The SMILES string of the molecule is CCOc1ccc(C(=O)C2=C3[C]=C(C)N=C3CC(Cl)=C2OC)s1. The fourth-order valence-electron chi connectivity index (χ4n) is 2.57. The predicted octanol–water partition coefficient (Wildman–Crippen LogP) is 4.29. The zero-order valence-electron chi connectivity index (χ0n) is 13.0. The Bertz CT molecular complexity index is 799. The fourth-order valence-corrected chi connectivity index (χ4v) is 3.72. The maximum absolute atomic E-state index is 13.0. The van der Waals surface area contributed by atoms with E-state index < -0.39 is 0 Å². The molecule has 6 heteroatoms. The van der Waals surface area contributed by atoms with Gasteiger partial charge in [0, 0.05) is 23.8 Å². The molecule has 1 aliphatic carbocycles. The number of aliphatic imine (C=N–C) groups is 1. The molecule has 23 heavy (non-hydrogen) atoms. The first-order valence-corrected chi connectivity index (χ1v) is 8.37. The lowest BCUT2D eigenvalue weighted by atomic mass is 9.91. The van der Waals surface area contributed by atoms with Crippen LogP contribution in [-0.2, 0) is 4.74 Å². The minimum atomic E-state index is -0.152. The van der Waals surface area contributed by atoms with Gasteiger partial charge in [0.25, 0.3) is 0 Å². The number of ketones is 1. The number of hydrogen-bond acceptors (Lipinski definition) is 5. The van der Waals surface area contributed by atoms with Crippen molar-refractivity contribution >= 4 is 34.4 Å². The number of nitrogens with zero attached hydrogens (tertiary/aromatic N) is 1. The molecule has 0 atom stereocenters. The third-order valence-corrected chi connectivity index (χ3v) is 4.77. The van der Waals surface area contributed by atoms with E-state index in [9.17, 15) is 4.79 Å². The second-order valence-corrected chi connectivity index (χ2v) is 6.52. The van der Waals surface area contributed by atoms with Crippen LogP contribution in [0, 0.1) is 6.08 Å². The van der Waals surface area contributed by atoms with E-state index in [1.807, 2.05) is 13.8 Å². The smallest absolute Gasteiger partial charge is 0.207 e. The third-order valence-electron chi connectivity index (χ3n) is 3.47. The Morgan fingerprint density at radius 2 is 2.26 bits per heavy atom. The fraction of sp³-hybridized carbons (Fsp3) is 0.294. The molecule has 0 spiro atoms. The average molecular weight is 349 g/mol. The van der Waals surface area contributed by atoms with E-state index in [1.165, 1.54) is 18.4 Å². The zero-order valence-corrected chi connectivity index (χ0v) is 14.6. The first-order valence-electron chi connectivity index (χ1n) is 7.18. The van der Waals surface area contributed by atoms with Crippen LogP contribution in [0.15, 0.2) is 44.8 Å². The Kier molecular flexibility index (Phi) is 4.41. The number of hydrogen-bond donors (Lipinski definition) is 0. The van der Waals surface area contributed by atoms with E-state index in [4.69, 9.17) is 21.1 Å². The van der Waals surface area contributed by atoms with E-state index in [0.29, 0.717) is 44.9 Å². The highest BCUT2D eigenvalue weighted by atomic mass is 35.5. The highest BCUT2D eigenvalue weighted by Crippen LogP contribution is 2.38. The Balaban J connectivity index is 2.08. The first-order chi connectivity index (χ1) is 11.0. The highest BCUT2D eigenvalue weighted by molar-refractivity contribution is 7.16. The second-order valence-electron chi connectivity index (χ2n) is 5.01. The van der Waals surface area contributed by atoms with Crippen LogP contribution in [0.1, 0.15) is 29.9 Å². The van der Waals surface area contributed by atoms with E-state index >= 15 is 0 Å². The summed E-state index contributed by atoms with van der Waals surface area (Å²) in [6, 6.07) is 3.55. The number of ether oxygens (including phenoxy) is 2. The lowest BCUT2D eigenvalue weighted by Gasteiger charge is -2.19. The summed E-state index contributed by atoms with van der Waals surface area (Å²) >= 11 is 7.61. The molecule has 1 aromatic rings. The van der Waals surface area contributed by atoms with Gasteiger partial charge in [0.2, 0.25) is 5.78 Å². The number of thiophene rings is 1. The van der Waals surface area contributed by atoms with Gasteiger partial charge in [0.1, 0.15) is 5.76 Å². The molecule has 4 nitrogen and oxygen atoms in total. The molecule has 0 bridgehead atoms. The molecule has 1 aromatic heterocycles. The van der Waals surface area contributed by atoms with Gasteiger partial charge in [-0.1, -0.05) is 22.9 Å². The second kappa shape index (κ2) is 6.34. The number of carbonyl (C=O) groups excluding carboxylic acids is 1. The summed E-state index contributed by atoms with van der Waals surface area (Å²) in [7, 11) is 1.51. The lowest BCUT2D eigenvalue weighted by Crippen LogP contribution is -2.18. The number of fused-ring (bicyclic) bond motifs is 1. The van der Waals surface area contributed by atoms with Gasteiger partial charge < -0.3 is 9.47 Å². The Labute approximate surface area is 143 Å². The van der Waals surface area contributed by atoms with Gasteiger partial charge in [0.05, 0.1) is 34.9 Å². The van der Waals surface area contributed by atoms with Crippen LogP contribution in [-0.4, -0.2) is 25.2 Å². The third kappa shape index (κ3) is 2.86. The number of allylic oxidation sites excluding steroid dienone is 5. The van der Waals surface area contributed by atoms with E-state index in [1.54, 1.807) is 12.1 Å². The van der Waals surface area contributed by atoms with Crippen LogP contribution in [0.5, 0.6) is 5.06 Å². The molecule has 119 valence electrons. The highest BCUT2D eigenvalue weighted by Gasteiger charge is 2.33. The zero-order chi connectivity index (χ0) is 16.6. The lowest BCUT2D eigenvalue weighted by molar-refractivity contribution is 0.103. The molecule has 3 rings (SSSR count). The Morgan fingerprint density at radius 1 is 1.48 bits per heavy atom. The van der Waals surface area contributed by atoms with Crippen LogP contribution in [0.2, 0.25) is 0 Å². The van der Waals surface area contributed by atoms with E-state index in [-0.39, 0.29) is 5.78 Å². The van der Waals surface area contributed by atoms with Crippen LogP contribution in [0.25, 0.3) is 0 Å². The maximum atomic E-state index is 13.0. The van der Waals surface area contributed by atoms with Crippen molar-refractivity contribution in [2.24, 2.45) is 4.99 Å². The minimum Gasteiger partial charge on any atom is -0.495 e. The summed E-state index contributed by atoms with van der Waals surface area (Å²) in [4.78, 5) is 18.0. The van der Waals surface area contributed by atoms with Gasteiger partial charge in [-0.2, -0.15) is 0 Å². The molecule has 0 saturated heterocycles. The Morgan fingerprint density at radius 3 is 2.96 bits per heavy atom. The maximum Gasteiger partial charge on any atom is 0.207 e. The van der Waals surface area contributed by atoms with Gasteiger partial charge in [-0.05, 0) is 26.0 Å². The van der Waals surface area contributed by atoms with Crippen molar-refractivity contribution in [3.63, 3.8) is 0 Å². The van der Waals surface area contributed by atoms with Crippen molar-refractivity contribution in [2.75, 3.05) is 13.7 Å². The van der Waals surface area contributed by atoms with Crippen molar-refractivity contribution < 1.29 is 14.3 Å². The van der Waals surface area contributed by atoms with Gasteiger partial charge in [-0.15, -0.1) is 0 Å². The van der Waals surface area contributed by atoms with Crippen molar-refractivity contribution in [3.8, 4) is 5.06 Å². The molecular formula is C17H15ClNO3S. The Hall–Kier alpha value is -1.85. The number of carbonyl (C=O) groups is 1. The average Bonchev–Trinajstić information content (AvgIpc) is 3.11. The molecule has 1 aliphatic heterocycles. The molecule has 2 aliphatic rings. The van der Waals surface area contributed by atoms with Gasteiger partial charge in [0.15, 0.2) is 5.06 Å². The predicted molar refractivity (Wildman–Crippen MR) is 91.2 cm³/mol. The van der Waals surface area contributed by atoms with E-state index in [2.05, 4.69) is 11.1 Å². The van der Waals surface area contributed by atoms with Gasteiger partial charge >= 0.3 is 0 Å². The van der Waals surface area contributed by atoms with Crippen molar-refractivity contribution in [2.45, 2.75) is 20.3 Å². The molecule has 0 N–H and O–H groups in total. The van der Waals surface area contributed by atoms with Gasteiger partial charge in [-0.3, -0.25) is 9.79 Å². The van der Waals surface area contributed by atoms with Crippen LogP contribution < -0.4 is 4.74 Å². The molecule has 0 amide bonds. The van der Waals surface area contributed by atoms with Gasteiger partial charge in [-0.25, -0.2) is 0 Å². The normalized spacial score (nSPS) is 17.0. The largest absolute Gasteiger partial charge is 0.495 e.